The van der Waals surface area contributed by atoms with Gasteiger partial charge in [0.15, 0.2) is 9.84 Å². The molecule has 2 amide bonds. The number of amides is 2. The lowest BCUT2D eigenvalue weighted by Gasteiger charge is -2.31. The normalized spacial score (nSPS) is 13.8. The van der Waals surface area contributed by atoms with Gasteiger partial charge in [-0.25, -0.2) is 8.42 Å². The molecule has 0 atom stereocenters. The largest absolute Gasteiger partial charge is 0.326 e. The van der Waals surface area contributed by atoms with Crippen molar-refractivity contribution in [3.05, 3.63) is 54.1 Å². The molecule has 1 aliphatic rings. The minimum Gasteiger partial charge on any atom is -0.326 e. The molecule has 1 aliphatic heterocycles. The van der Waals surface area contributed by atoms with E-state index in [-0.39, 0.29) is 34.8 Å². The van der Waals surface area contributed by atoms with E-state index in [0.717, 1.165) is 24.1 Å². The maximum atomic E-state index is 12.5. The fraction of sp³-hybridized carbons (Fsp3) is 0.364. The van der Waals surface area contributed by atoms with Gasteiger partial charge in [0, 0.05) is 30.3 Å². The van der Waals surface area contributed by atoms with Gasteiger partial charge in [-0.3, -0.25) is 9.59 Å². The second-order valence-electron chi connectivity index (χ2n) is 7.52. The van der Waals surface area contributed by atoms with Crippen LogP contribution in [0.25, 0.3) is 0 Å². The van der Waals surface area contributed by atoms with E-state index in [9.17, 15) is 18.0 Å². The molecule has 29 heavy (non-hydrogen) atoms. The number of nitrogens with one attached hydrogen (secondary N) is 1. The van der Waals surface area contributed by atoms with Gasteiger partial charge in [-0.1, -0.05) is 38.1 Å². The van der Waals surface area contributed by atoms with Crippen LogP contribution in [0.5, 0.6) is 0 Å². The number of anilines is 2. The summed E-state index contributed by atoms with van der Waals surface area (Å²) in [5.74, 6) is -0.682. The zero-order valence-electron chi connectivity index (χ0n) is 16.7. The molecule has 1 heterocycles. The lowest BCUT2D eigenvalue weighted by atomic mass is 9.99. The fourth-order valence-corrected chi connectivity index (χ4v) is 4.65. The van der Waals surface area contributed by atoms with Crippen LogP contribution in [0.15, 0.2) is 53.4 Å². The third kappa shape index (κ3) is 5.03. The summed E-state index contributed by atoms with van der Waals surface area (Å²) in [4.78, 5) is 26.8. The lowest BCUT2D eigenvalue weighted by molar-refractivity contribution is -0.121. The Bertz CT molecular complexity index is 1000. The Morgan fingerprint density at radius 2 is 1.83 bits per heavy atom. The molecule has 0 unspecified atom stereocenters. The lowest BCUT2D eigenvalue weighted by Crippen LogP contribution is -2.38. The number of fused-ring (bicyclic) bond motifs is 1. The van der Waals surface area contributed by atoms with Crippen LogP contribution in [-0.2, 0) is 25.8 Å². The SMILES string of the molecule is CC(C)C(=O)N1CCCc2ccc(NC(=O)CCS(=O)(=O)c3ccccc3)cc21. The molecule has 0 aliphatic carbocycles. The molecule has 0 saturated carbocycles. The third-order valence-corrected chi connectivity index (χ3v) is 6.68. The number of sulfone groups is 1. The van der Waals surface area contributed by atoms with Crippen molar-refractivity contribution in [2.75, 3.05) is 22.5 Å². The van der Waals surface area contributed by atoms with Crippen LogP contribution in [0.2, 0.25) is 0 Å². The number of aryl methyl sites for hydroxylation is 1. The van der Waals surface area contributed by atoms with Crippen molar-refractivity contribution < 1.29 is 18.0 Å². The highest BCUT2D eigenvalue weighted by atomic mass is 32.2. The van der Waals surface area contributed by atoms with E-state index in [0.29, 0.717) is 12.2 Å². The van der Waals surface area contributed by atoms with Crippen molar-refractivity contribution in [2.24, 2.45) is 5.92 Å². The first-order chi connectivity index (χ1) is 13.8. The Labute approximate surface area is 171 Å². The van der Waals surface area contributed by atoms with E-state index in [1.54, 1.807) is 35.2 Å². The molecule has 154 valence electrons. The molecule has 0 saturated heterocycles. The highest BCUT2D eigenvalue weighted by Gasteiger charge is 2.25. The van der Waals surface area contributed by atoms with Crippen LogP contribution < -0.4 is 10.2 Å². The van der Waals surface area contributed by atoms with E-state index in [1.807, 2.05) is 19.9 Å². The molecule has 7 heteroatoms. The Morgan fingerprint density at radius 1 is 1.10 bits per heavy atom. The summed E-state index contributed by atoms with van der Waals surface area (Å²) in [5, 5.41) is 2.76. The molecular weight excluding hydrogens is 388 g/mol. The van der Waals surface area contributed by atoms with Crippen LogP contribution in [-0.4, -0.2) is 32.5 Å². The predicted molar refractivity (Wildman–Crippen MR) is 114 cm³/mol. The Balaban J connectivity index is 1.68. The summed E-state index contributed by atoms with van der Waals surface area (Å²) in [5.41, 5.74) is 2.47. The number of hydrogen-bond acceptors (Lipinski definition) is 4. The Hall–Kier alpha value is -2.67. The van der Waals surface area contributed by atoms with Gasteiger partial charge in [-0.05, 0) is 42.7 Å². The van der Waals surface area contributed by atoms with Crippen molar-refractivity contribution in [3.8, 4) is 0 Å². The monoisotopic (exact) mass is 414 g/mol. The van der Waals surface area contributed by atoms with Crippen LogP contribution in [0.4, 0.5) is 11.4 Å². The van der Waals surface area contributed by atoms with E-state index < -0.39 is 9.84 Å². The number of carbonyl (C=O) groups is 2. The van der Waals surface area contributed by atoms with Crippen molar-refractivity contribution in [3.63, 3.8) is 0 Å². The van der Waals surface area contributed by atoms with E-state index >= 15 is 0 Å². The summed E-state index contributed by atoms with van der Waals surface area (Å²) >= 11 is 0. The topological polar surface area (TPSA) is 83.6 Å². The number of rotatable bonds is 6. The molecule has 3 rings (SSSR count). The highest BCUT2D eigenvalue weighted by Crippen LogP contribution is 2.31. The number of carbonyl (C=O) groups excluding carboxylic acids is 2. The first-order valence-electron chi connectivity index (χ1n) is 9.80. The van der Waals surface area contributed by atoms with Crippen LogP contribution >= 0.6 is 0 Å². The zero-order chi connectivity index (χ0) is 21.0. The van der Waals surface area contributed by atoms with Gasteiger partial charge in [0.1, 0.15) is 0 Å². The summed E-state index contributed by atoms with van der Waals surface area (Å²) in [7, 11) is -3.51. The summed E-state index contributed by atoms with van der Waals surface area (Å²) in [6.07, 6.45) is 1.66. The average Bonchev–Trinajstić information content (AvgIpc) is 2.72. The highest BCUT2D eigenvalue weighted by molar-refractivity contribution is 7.91. The van der Waals surface area contributed by atoms with Crippen molar-refractivity contribution in [1.29, 1.82) is 0 Å². The molecule has 0 spiro atoms. The molecule has 2 aromatic rings. The molecule has 2 aromatic carbocycles. The summed E-state index contributed by atoms with van der Waals surface area (Å²) < 4.78 is 24.7. The number of benzene rings is 2. The van der Waals surface area contributed by atoms with Crippen molar-refractivity contribution in [1.82, 2.24) is 0 Å². The van der Waals surface area contributed by atoms with Crippen LogP contribution in [0.3, 0.4) is 0 Å². The predicted octanol–water partition coefficient (Wildman–Crippen LogP) is 3.42. The number of nitrogens with zero attached hydrogens (tertiary/aromatic N) is 1. The van der Waals surface area contributed by atoms with E-state index in [1.165, 1.54) is 12.1 Å². The standard InChI is InChI=1S/C22H26N2O4S/c1-16(2)22(26)24-13-6-7-17-10-11-18(15-20(17)24)23-21(25)12-14-29(27,28)19-8-4-3-5-9-19/h3-5,8-11,15-16H,6-7,12-14H2,1-2H3,(H,23,25). The van der Waals surface area contributed by atoms with Gasteiger partial charge in [0.25, 0.3) is 0 Å². The van der Waals surface area contributed by atoms with Crippen LogP contribution in [0, 0.1) is 5.92 Å². The Kier molecular flexibility index (Phi) is 6.37. The maximum absolute atomic E-state index is 12.5. The summed E-state index contributed by atoms with van der Waals surface area (Å²) in [6.45, 7) is 4.40. The molecule has 0 radical (unpaired) electrons. The second-order valence-corrected chi connectivity index (χ2v) is 9.63. The summed E-state index contributed by atoms with van der Waals surface area (Å²) in [6, 6.07) is 13.6. The quantitative estimate of drug-likeness (QED) is 0.785. The van der Waals surface area contributed by atoms with Gasteiger partial charge in [-0.2, -0.15) is 0 Å². The van der Waals surface area contributed by atoms with Crippen molar-refractivity contribution in [2.45, 2.75) is 38.0 Å². The molecule has 1 N–H and O–H groups in total. The molecule has 0 fully saturated rings. The first kappa shape index (κ1) is 21.0. The maximum Gasteiger partial charge on any atom is 0.229 e. The fourth-order valence-electron chi connectivity index (χ4n) is 3.39. The minimum atomic E-state index is -3.51. The smallest absolute Gasteiger partial charge is 0.229 e. The van der Waals surface area contributed by atoms with Crippen molar-refractivity contribution >= 4 is 33.0 Å². The van der Waals surface area contributed by atoms with Gasteiger partial charge in [0.2, 0.25) is 11.8 Å². The van der Waals surface area contributed by atoms with Crippen LogP contribution in [0.1, 0.15) is 32.3 Å². The zero-order valence-corrected chi connectivity index (χ0v) is 17.5. The third-order valence-electron chi connectivity index (χ3n) is 4.95. The Morgan fingerprint density at radius 3 is 2.52 bits per heavy atom. The molecule has 0 aromatic heterocycles. The van der Waals surface area contributed by atoms with Gasteiger partial charge < -0.3 is 10.2 Å². The average molecular weight is 415 g/mol. The van der Waals surface area contributed by atoms with E-state index in [4.69, 9.17) is 0 Å². The van der Waals surface area contributed by atoms with E-state index in [2.05, 4.69) is 5.32 Å². The van der Waals surface area contributed by atoms with Gasteiger partial charge in [-0.15, -0.1) is 0 Å². The second kappa shape index (κ2) is 8.78. The first-order valence-corrected chi connectivity index (χ1v) is 11.4. The number of hydrogen-bond donors (Lipinski definition) is 1. The molecular formula is C22H26N2O4S. The molecule has 6 nitrogen and oxygen atoms in total. The van der Waals surface area contributed by atoms with Gasteiger partial charge >= 0.3 is 0 Å². The van der Waals surface area contributed by atoms with Gasteiger partial charge in [0.05, 0.1) is 10.6 Å². The minimum absolute atomic E-state index is 0.0587. The molecule has 0 bridgehead atoms.